The highest BCUT2D eigenvalue weighted by Gasteiger charge is 2.26. The van der Waals surface area contributed by atoms with Crippen LogP contribution in [0.25, 0.3) is 0 Å². The molecule has 1 fully saturated rings. The molecule has 0 aromatic carbocycles. The van der Waals surface area contributed by atoms with Gasteiger partial charge in [-0.05, 0) is 39.5 Å². The van der Waals surface area contributed by atoms with Gasteiger partial charge in [-0.1, -0.05) is 6.92 Å². The Morgan fingerprint density at radius 3 is 2.72 bits per heavy atom. The number of nitrogens with zero attached hydrogens (tertiary/aromatic N) is 2. The first-order valence-electron chi connectivity index (χ1n) is 6.58. The average molecular weight is 278 g/mol. The molecule has 0 saturated carbocycles. The first-order chi connectivity index (χ1) is 8.45. The van der Waals surface area contributed by atoms with Gasteiger partial charge in [0, 0.05) is 26.2 Å². The van der Waals surface area contributed by atoms with E-state index in [1.807, 2.05) is 14.0 Å². The summed E-state index contributed by atoms with van der Waals surface area (Å²) in [6, 6.07) is 0.0521. The van der Waals surface area contributed by atoms with Crippen LogP contribution in [0.5, 0.6) is 0 Å². The molecule has 0 amide bonds. The van der Waals surface area contributed by atoms with E-state index in [9.17, 15) is 8.42 Å². The summed E-state index contributed by atoms with van der Waals surface area (Å²) < 4.78 is 28.2. The predicted octanol–water partition coefficient (Wildman–Crippen LogP) is -0.544. The number of hydrogen-bond donors (Lipinski definition) is 2. The fourth-order valence-electron chi connectivity index (χ4n) is 2.06. The molecule has 6 nitrogen and oxygen atoms in total. The molecule has 0 aromatic heterocycles. The van der Waals surface area contributed by atoms with Crippen LogP contribution in [0.1, 0.15) is 19.8 Å². The Bertz CT molecular complexity index is 334. The maximum Gasteiger partial charge on any atom is 0.279 e. The minimum Gasteiger partial charge on any atom is -0.317 e. The molecule has 1 heterocycles. The van der Waals surface area contributed by atoms with Crippen molar-refractivity contribution in [1.29, 1.82) is 0 Å². The third-order valence-electron chi connectivity index (χ3n) is 3.19. The molecule has 2 N–H and O–H groups in total. The number of rotatable bonds is 8. The van der Waals surface area contributed by atoms with E-state index in [-0.39, 0.29) is 6.04 Å². The van der Waals surface area contributed by atoms with Crippen LogP contribution in [0.4, 0.5) is 0 Å². The number of nitrogens with one attached hydrogen (secondary N) is 2. The number of likely N-dealkylation sites (N-methyl/N-ethyl adjacent to an activating group) is 1. The highest BCUT2D eigenvalue weighted by atomic mass is 32.2. The molecule has 0 aromatic rings. The molecule has 1 unspecified atom stereocenters. The van der Waals surface area contributed by atoms with Gasteiger partial charge in [0.05, 0.1) is 0 Å². The Morgan fingerprint density at radius 1 is 1.44 bits per heavy atom. The van der Waals surface area contributed by atoms with Gasteiger partial charge in [-0.25, -0.2) is 0 Å². The van der Waals surface area contributed by atoms with Gasteiger partial charge in [0.1, 0.15) is 0 Å². The predicted molar refractivity (Wildman–Crippen MR) is 73.7 cm³/mol. The molecule has 18 heavy (non-hydrogen) atoms. The molecule has 1 aliphatic heterocycles. The molecule has 1 atom stereocenters. The Labute approximate surface area is 111 Å². The summed E-state index contributed by atoms with van der Waals surface area (Å²) in [5, 5.41) is 3.19. The first kappa shape index (κ1) is 15.8. The van der Waals surface area contributed by atoms with Gasteiger partial charge >= 0.3 is 0 Å². The summed E-state index contributed by atoms with van der Waals surface area (Å²) in [6.07, 6.45) is 1.72. The van der Waals surface area contributed by atoms with Crippen LogP contribution in [0, 0.1) is 0 Å². The lowest BCUT2D eigenvalue weighted by Gasteiger charge is -2.20. The van der Waals surface area contributed by atoms with Crippen LogP contribution in [0.3, 0.4) is 0 Å². The SMILES string of the molecule is CCNCCCN(C)S(=O)(=O)NC1CCN(C)C1. The van der Waals surface area contributed by atoms with Crippen LogP contribution in [0.15, 0.2) is 0 Å². The summed E-state index contributed by atoms with van der Waals surface area (Å²) >= 11 is 0. The van der Waals surface area contributed by atoms with Crippen LogP contribution >= 0.6 is 0 Å². The third-order valence-corrected chi connectivity index (χ3v) is 4.83. The van der Waals surface area contributed by atoms with Crippen molar-refractivity contribution in [2.24, 2.45) is 0 Å². The molecule has 7 heteroatoms. The highest BCUT2D eigenvalue weighted by molar-refractivity contribution is 7.87. The van der Waals surface area contributed by atoms with Gasteiger partial charge in [0.2, 0.25) is 0 Å². The molecular weight excluding hydrogens is 252 g/mol. The summed E-state index contributed by atoms with van der Waals surface area (Å²) in [5.74, 6) is 0. The summed E-state index contributed by atoms with van der Waals surface area (Å²) in [6.45, 7) is 6.11. The van der Waals surface area contributed by atoms with Crippen molar-refractivity contribution in [3.05, 3.63) is 0 Å². The summed E-state index contributed by atoms with van der Waals surface area (Å²) in [5.41, 5.74) is 0. The van der Waals surface area contributed by atoms with Crippen molar-refractivity contribution >= 4 is 10.2 Å². The van der Waals surface area contributed by atoms with E-state index >= 15 is 0 Å². The Morgan fingerprint density at radius 2 is 2.17 bits per heavy atom. The quantitative estimate of drug-likeness (QED) is 0.585. The van der Waals surface area contributed by atoms with Crippen LogP contribution in [-0.4, -0.2) is 70.5 Å². The monoisotopic (exact) mass is 278 g/mol. The second-order valence-corrected chi connectivity index (χ2v) is 6.71. The maximum absolute atomic E-state index is 12.0. The number of likely N-dealkylation sites (tertiary alicyclic amines) is 1. The molecule has 1 aliphatic rings. The lowest BCUT2D eigenvalue weighted by atomic mass is 10.3. The average Bonchev–Trinajstić information content (AvgIpc) is 2.69. The molecule has 0 spiro atoms. The Hall–Kier alpha value is -0.210. The van der Waals surface area contributed by atoms with Gasteiger partial charge in [-0.3, -0.25) is 0 Å². The first-order valence-corrected chi connectivity index (χ1v) is 8.02. The molecular formula is C11H26N4O2S. The minimum atomic E-state index is -3.33. The van der Waals surface area contributed by atoms with Crippen molar-refractivity contribution < 1.29 is 8.42 Å². The fourth-order valence-corrected chi connectivity index (χ4v) is 3.22. The summed E-state index contributed by atoms with van der Waals surface area (Å²) in [4.78, 5) is 2.14. The smallest absolute Gasteiger partial charge is 0.279 e. The number of hydrogen-bond acceptors (Lipinski definition) is 4. The topological polar surface area (TPSA) is 64.7 Å². The van der Waals surface area contributed by atoms with Crippen molar-refractivity contribution in [2.45, 2.75) is 25.8 Å². The zero-order chi connectivity index (χ0) is 13.6. The Balaban J connectivity index is 2.33. The second kappa shape index (κ2) is 7.40. The minimum absolute atomic E-state index is 0.0521. The van der Waals surface area contributed by atoms with Gasteiger partial charge in [-0.2, -0.15) is 17.4 Å². The second-order valence-electron chi connectivity index (χ2n) is 4.90. The van der Waals surface area contributed by atoms with Gasteiger partial charge in [-0.15, -0.1) is 0 Å². The maximum atomic E-state index is 12.0. The summed E-state index contributed by atoms with van der Waals surface area (Å²) in [7, 11) is 0.315. The zero-order valence-corrected chi connectivity index (χ0v) is 12.5. The molecule has 108 valence electrons. The zero-order valence-electron chi connectivity index (χ0n) is 11.6. The van der Waals surface area contributed by atoms with Crippen molar-refractivity contribution in [3.63, 3.8) is 0 Å². The van der Waals surface area contributed by atoms with E-state index in [0.717, 1.165) is 39.0 Å². The van der Waals surface area contributed by atoms with Gasteiger partial charge < -0.3 is 10.2 Å². The highest BCUT2D eigenvalue weighted by Crippen LogP contribution is 2.08. The van der Waals surface area contributed by atoms with Crippen LogP contribution < -0.4 is 10.0 Å². The Kier molecular flexibility index (Phi) is 6.51. The normalized spacial score (nSPS) is 21.9. The fraction of sp³-hybridized carbons (Fsp3) is 1.00. The molecule has 0 bridgehead atoms. The van der Waals surface area contributed by atoms with Crippen molar-refractivity contribution in [1.82, 2.24) is 19.2 Å². The largest absolute Gasteiger partial charge is 0.317 e. The third kappa shape index (κ3) is 5.19. The van der Waals surface area contributed by atoms with E-state index in [2.05, 4.69) is 14.9 Å². The van der Waals surface area contributed by atoms with E-state index in [0.29, 0.717) is 6.54 Å². The van der Waals surface area contributed by atoms with E-state index in [4.69, 9.17) is 0 Å². The van der Waals surface area contributed by atoms with E-state index < -0.39 is 10.2 Å². The van der Waals surface area contributed by atoms with Gasteiger partial charge in [0.25, 0.3) is 10.2 Å². The molecule has 0 radical (unpaired) electrons. The van der Waals surface area contributed by atoms with E-state index in [1.165, 1.54) is 4.31 Å². The standard InChI is InChI=1S/C11H26N4O2S/c1-4-12-7-5-8-15(3)18(16,17)13-11-6-9-14(2)10-11/h11-13H,4-10H2,1-3H3. The van der Waals surface area contributed by atoms with Crippen molar-refractivity contribution in [2.75, 3.05) is 46.8 Å². The van der Waals surface area contributed by atoms with Crippen LogP contribution in [-0.2, 0) is 10.2 Å². The van der Waals surface area contributed by atoms with E-state index in [1.54, 1.807) is 7.05 Å². The lowest BCUT2D eigenvalue weighted by Crippen LogP contribution is -2.45. The van der Waals surface area contributed by atoms with Crippen LogP contribution in [0.2, 0.25) is 0 Å². The van der Waals surface area contributed by atoms with Gasteiger partial charge in [0.15, 0.2) is 0 Å². The molecule has 1 rings (SSSR count). The van der Waals surface area contributed by atoms with Crippen molar-refractivity contribution in [3.8, 4) is 0 Å². The lowest BCUT2D eigenvalue weighted by molar-refractivity contribution is 0.400. The molecule has 0 aliphatic carbocycles. The molecule has 1 saturated heterocycles.